The van der Waals surface area contributed by atoms with Crippen molar-refractivity contribution in [2.24, 2.45) is 5.92 Å². The van der Waals surface area contributed by atoms with Gasteiger partial charge < -0.3 is 9.88 Å². The molecule has 4 nitrogen and oxygen atoms in total. The Morgan fingerprint density at radius 3 is 2.96 bits per heavy atom. The molecular formula is C21H20FN3O. The van der Waals surface area contributed by atoms with Crippen LogP contribution >= 0.6 is 0 Å². The molecule has 0 aliphatic carbocycles. The summed E-state index contributed by atoms with van der Waals surface area (Å²) in [5.74, 6) is 0.606. The summed E-state index contributed by atoms with van der Waals surface area (Å²) in [5.41, 5.74) is 4.33. The van der Waals surface area contributed by atoms with Crippen LogP contribution < -0.4 is 10.9 Å². The molecule has 1 N–H and O–H groups in total. The van der Waals surface area contributed by atoms with E-state index >= 15 is 0 Å². The first-order valence-corrected chi connectivity index (χ1v) is 9.11. The van der Waals surface area contributed by atoms with Gasteiger partial charge in [-0.15, -0.1) is 0 Å². The number of halogens is 1. The van der Waals surface area contributed by atoms with Crippen molar-refractivity contribution in [3.05, 3.63) is 63.8 Å². The topological polar surface area (TPSA) is 46.9 Å². The fourth-order valence-corrected chi connectivity index (χ4v) is 4.48. The maximum absolute atomic E-state index is 13.6. The Kier molecular flexibility index (Phi) is 3.47. The van der Waals surface area contributed by atoms with E-state index < -0.39 is 0 Å². The van der Waals surface area contributed by atoms with Crippen molar-refractivity contribution in [2.75, 3.05) is 13.1 Å². The molecule has 26 heavy (non-hydrogen) atoms. The molecule has 0 spiro atoms. The minimum Gasteiger partial charge on any atom is -0.316 e. The van der Waals surface area contributed by atoms with Gasteiger partial charge in [0.15, 0.2) is 0 Å². The summed E-state index contributed by atoms with van der Waals surface area (Å²) in [6.07, 6.45) is 1.13. The second-order valence-electron chi connectivity index (χ2n) is 7.56. The maximum Gasteiger partial charge on any atom is 0.251 e. The molecule has 1 fully saturated rings. The lowest BCUT2D eigenvalue weighted by molar-refractivity contribution is 0.257. The van der Waals surface area contributed by atoms with Crippen LogP contribution in [0.2, 0.25) is 0 Å². The molecule has 3 aromatic rings. The highest BCUT2D eigenvalue weighted by Crippen LogP contribution is 2.34. The zero-order valence-corrected chi connectivity index (χ0v) is 14.6. The molecule has 2 aliphatic rings. The van der Waals surface area contributed by atoms with Gasteiger partial charge in [0, 0.05) is 47.8 Å². The van der Waals surface area contributed by atoms with Crippen LogP contribution in [0.4, 0.5) is 4.39 Å². The van der Waals surface area contributed by atoms with E-state index in [1.54, 1.807) is 12.1 Å². The van der Waals surface area contributed by atoms with Crippen LogP contribution in [-0.4, -0.2) is 22.6 Å². The van der Waals surface area contributed by atoms with Crippen molar-refractivity contribution < 1.29 is 4.39 Å². The van der Waals surface area contributed by atoms with Crippen molar-refractivity contribution in [1.29, 1.82) is 0 Å². The Hall–Kier alpha value is -2.53. The second kappa shape index (κ2) is 5.74. The first kappa shape index (κ1) is 15.7. The quantitative estimate of drug-likeness (QED) is 0.734. The van der Waals surface area contributed by atoms with Crippen LogP contribution in [-0.2, 0) is 6.54 Å². The number of nitrogens with one attached hydrogen (secondary N) is 1. The molecule has 4 heterocycles. The summed E-state index contributed by atoms with van der Waals surface area (Å²) in [7, 11) is 0. The van der Waals surface area contributed by atoms with Gasteiger partial charge in [0.05, 0.1) is 11.2 Å². The summed E-state index contributed by atoms with van der Waals surface area (Å²) in [5, 5.41) is 4.41. The average molecular weight is 349 g/mol. The summed E-state index contributed by atoms with van der Waals surface area (Å²) in [6.45, 7) is 4.68. The van der Waals surface area contributed by atoms with Gasteiger partial charge in [-0.05, 0) is 55.6 Å². The fraction of sp³-hybridized carbons (Fsp3) is 0.333. The molecule has 5 heteroatoms. The Balaban J connectivity index is 1.68. The van der Waals surface area contributed by atoms with E-state index in [1.807, 2.05) is 17.6 Å². The Labute approximate surface area is 150 Å². The van der Waals surface area contributed by atoms with E-state index in [1.165, 1.54) is 12.1 Å². The molecule has 0 saturated carbocycles. The zero-order chi connectivity index (χ0) is 17.8. The van der Waals surface area contributed by atoms with E-state index in [2.05, 4.69) is 16.4 Å². The fourth-order valence-electron chi connectivity index (χ4n) is 4.48. The van der Waals surface area contributed by atoms with Crippen molar-refractivity contribution in [2.45, 2.75) is 25.8 Å². The van der Waals surface area contributed by atoms with Crippen molar-refractivity contribution in [3.8, 4) is 11.3 Å². The molecule has 5 rings (SSSR count). The molecule has 2 atom stereocenters. The van der Waals surface area contributed by atoms with Gasteiger partial charge in [0.2, 0.25) is 0 Å². The number of pyridine rings is 2. The second-order valence-corrected chi connectivity index (χ2v) is 7.56. The molecule has 2 aliphatic heterocycles. The molecule has 2 aromatic heterocycles. The number of aromatic nitrogens is 2. The lowest BCUT2D eigenvalue weighted by Gasteiger charge is -2.37. The number of hydrogen-bond donors (Lipinski definition) is 1. The molecule has 0 unspecified atom stereocenters. The summed E-state index contributed by atoms with van der Waals surface area (Å²) >= 11 is 0. The number of rotatable bonds is 1. The normalized spacial score (nSPS) is 21.6. The van der Waals surface area contributed by atoms with Gasteiger partial charge in [-0.25, -0.2) is 9.37 Å². The molecule has 132 valence electrons. The van der Waals surface area contributed by atoms with Crippen molar-refractivity contribution in [3.63, 3.8) is 0 Å². The zero-order valence-electron chi connectivity index (χ0n) is 14.6. The number of benzene rings is 1. The van der Waals surface area contributed by atoms with Gasteiger partial charge in [-0.3, -0.25) is 4.79 Å². The number of piperidine rings is 1. The van der Waals surface area contributed by atoms with Gasteiger partial charge in [-0.1, -0.05) is 0 Å². The van der Waals surface area contributed by atoms with E-state index in [-0.39, 0.29) is 11.4 Å². The molecule has 0 amide bonds. The van der Waals surface area contributed by atoms with E-state index in [4.69, 9.17) is 0 Å². The van der Waals surface area contributed by atoms with Crippen molar-refractivity contribution >= 4 is 10.9 Å². The van der Waals surface area contributed by atoms with Gasteiger partial charge in [0.25, 0.3) is 5.56 Å². The first-order chi connectivity index (χ1) is 12.6. The minimum absolute atomic E-state index is 0.0351. The highest BCUT2D eigenvalue weighted by Gasteiger charge is 2.31. The van der Waals surface area contributed by atoms with Gasteiger partial charge in [0.1, 0.15) is 5.82 Å². The van der Waals surface area contributed by atoms with Gasteiger partial charge >= 0.3 is 0 Å². The molecular weight excluding hydrogens is 329 g/mol. The van der Waals surface area contributed by atoms with E-state index in [0.29, 0.717) is 17.4 Å². The SMILES string of the molecule is Cc1cc(-c2cc3n(c(=O)c2)C[C@@H]2CNC[C@H]3C2)nc2cc(F)ccc12. The van der Waals surface area contributed by atoms with Crippen LogP contribution in [0.5, 0.6) is 0 Å². The third kappa shape index (κ3) is 2.46. The highest BCUT2D eigenvalue weighted by molar-refractivity contribution is 5.85. The number of aryl methyl sites for hydroxylation is 1. The molecule has 1 saturated heterocycles. The third-order valence-corrected chi connectivity index (χ3v) is 5.74. The minimum atomic E-state index is -0.300. The van der Waals surface area contributed by atoms with Crippen LogP contribution in [0.1, 0.15) is 23.6 Å². The van der Waals surface area contributed by atoms with E-state index in [9.17, 15) is 9.18 Å². The molecule has 1 aromatic carbocycles. The molecule has 2 bridgehead atoms. The maximum atomic E-state index is 13.6. The predicted octanol–water partition coefficient (Wildman–Crippen LogP) is 3.22. The standard InChI is InChI=1S/C21H20FN3O/c1-12-4-18(24-19-8-16(22)2-3-17(12)19)14-6-20-15-5-13(9-23-10-15)11-25(20)21(26)7-14/h2-4,6-8,13,15,23H,5,9-11H2,1H3/t13-,15+/m0/s1. The third-order valence-electron chi connectivity index (χ3n) is 5.74. The number of fused-ring (bicyclic) bond motifs is 5. The summed E-state index contributed by atoms with van der Waals surface area (Å²) in [6, 6.07) is 10.4. The first-order valence-electron chi connectivity index (χ1n) is 9.11. The van der Waals surface area contributed by atoms with Crippen molar-refractivity contribution in [1.82, 2.24) is 14.9 Å². The smallest absolute Gasteiger partial charge is 0.251 e. The van der Waals surface area contributed by atoms with Crippen LogP contribution in [0, 0.1) is 18.7 Å². The number of nitrogens with zero attached hydrogens (tertiary/aromatic N) is 2. The largest absolute Gasteiger partial charge is 0.316 e. The summed E-state index contributed by atoms with van der Waals surface area (Å²) < 4.78 is 15.6. The number of hydrogen-bond acceptors (Lipinski definition) is 3. The van der Waals surface area contributed by atoms with E-state index in [0.717, 1.165) is 54.0 Å². The monoisotopic (exact) mass is 349 g/mol. The lowest BCUT2D eigenvalue weighted by Crippen LogP contribution is -2.44. The Morgan fingerprint density at radius 1 is 1.19 bits per heavy atom. The average Bonchev–Trinajstić information content (AvgIpc) is 2.62. The summed E-state index contributed by atoms with van der Waals surface area (Å²) in [4.78, 5) is 17.4. The Bertz CT molecular complexity index is 1090. The molecule has 0 radical (unpaired) electrons. The van der Waals surface area contributed by atoms with Crippen LogP contribution in [0.25, 0.3) is 22.2 Å². The lowest BCUT2D eigenvalue weighted by atomic mass is 9.83. The Morgan fingerprint density at radius 2 is 2.08 bits per heavy atom. The van der Waals surface area contributed by atoms with Gasteiger partial charge in [-0.2, -0.15) is 0 Å². The highest BCUT2D eigenvalue weighted by atomic mass is 19.1. The van der Waals surface area contributed by atoms with Crippen LogP contribution in [0.15, 0.2) is 41.2 Å². The predicted molar refractivity (Wildman–Crippen MR) is 99.9 cm³/mol. The van der Waals surface area contributed by atoms with Crippen LogP contribution in [0.3, 0.4) is 0 Å².